The molecule has 0 radical (unpaired) electrons. The van der Waals surface area contributed by atoms with Crippen LogP contribution in [0.25, 0.3) is 0 Å². The van der Waals surface area contributed by atoms with E-state index in [1.54, 1.807) is 23.5 Å². The minimum Gasteiger partial charge on any atom is -0.256 e. The van der Waals surface area contributed by atoms with Gasteiger partial charge in [-0.3, -0.25) is 9.98 Å². The highest BCUT2D eigenvalue weighted by molar-refractivity contribution is 7.98. The molecule has 0 bridgehead atoms. The molecule has 130 valence electrons. The van der Waals surface area contributed by atoms with E-state index in [1.807, 2.05) is 36.7 Å². The number of nitrogens with zero attached hydrogens (tertiary/aromatic N) is 2. The van der Waals surface area contributed by atoms with Crippen LogP contribution in [0.3, 0.4) is 0 Å². The van der Waals surface area contributed by atoms with Gasteiger partial charge in [0.1, 0.15) is 0 Å². The average molecular weight is 377 g/mol. The Morgan fingerprint density at radius 2 is 1.04 bits per heavy atom. The molecule has 0 fully saturated rings. The van der Waals surface area contributed by atoms with E-state index in [9.17, 15) is 0 Å². The second-order valence-electron chi connectivity index (χ2n) is 5.59. The Balaban J connectivity index is 1.67. The van der Waals surface area contributed by atoms with Crippen LogP contribution in [0.5, 0.6) is 0 Å². The summed E-state index contributed by atoms with van der Waals surface area (Å²) >= 11 is 3.45. The number of aliphatic imine (C=N–C) groups is 2. The average Bonchev–Trinajstić information content (AvgIpc) is 2.72. The minimum atomic E-state index is 0.969. The molecule has 0 aliphatic rings. The van der Waals surface area contributed by atoms with Gasteiger partial charge in [0, 0.05) is 22.2 Å². The summed E-state index contributed by atoms with van der Waals surface area (Å²) in [7, 11) is 0. The van der Waals surface area contributed by atoms with Gasteiger partial charge in [0.15, 0.2) is 0 Å². The molecule has 0 heterocycles. The number of hydrogen-bond acceptors (Lipinski definition) is 4. The Morgan fingerprint density at radius 3 is 1.42 bits per heavy atom. The van der Waals surface area contributed by atoms with Crippen molar-refractivity contribution < 1.29 is 0 Å². The molecular weight excluding hydrogens is 356 g/mol. The first-order valence-corrected chi connectivity index (χ1v) is 10.7. The molecule has 2 nitrogen and oxygen atoms in total. The van der Waals surface area contributed by atoms with Crippen molar-refractivity contribution in [1.29, 1.82) is 0 Å². The highest BCUT2D eigenvalue weighted by atomic mass is 32.2. The molecule has 4 heteroatoms. The zero-order valence-corrected chi connectivity index (χ0v) is 16.4. The smallest absolute Gasteiger partial charge is 0.0641 e. The van der Waals surface area contributed by atoms with Gasteiger partial charge >= 0.3 is 0 Å². The van der Waals surface area contributed by atoms with Crippen molar-refractivity contribution in [3.8, 4) is 0 Å². The molecule has 3 aromatic rings. The largest absolute Gasteiger partial charge is 0.256 e. The molecular formula is C22H20N2S2. The van der Waals surface area contributed by atoms with Crippen molar-refractivity contribution in [3.63, 3.8) is 0 Å². The Labute approximate surface area is 163 Å². The molecule has 3 aromatic carbocycles. The van der Waals surface area contributed by atoms with Gasteiger partial charge < -0.3 is 0 Å². The predicted octanol–water partition coefficient (Wildman–Crippen LogP) is 6.63. The summed E-state index contributed by atoms with van der Waals surface area (Å²) in [5.41, 5.74) is 4.08. The summed E-state index contributed by atoms with van der Waals surface area (Å²) in [5, 5.41) is 0. The second kappa shape index (κ2) is 9.41. The normalized spacial score (nSPS) is 11.5. The highest BCUT2D eigenvalue weighted by Crippen LogP contribution is 2.22. The van der Waals surface area contributed by atoms with Crippen molar-refractivity contribution in [1.82, 2.24) is 0 Å². The number of benzene rings is 3. The first kappa shape index (κ1) is 18.5. The first-order valence-electron chi connectivity index (χ1n) is 8.23. The molecule has 26 heavy (non-hydrogen) atoms. The molecule has 0 aliphatic heterocycles. The summed E-state index contributed by atoms with van der Waals surface area (Å²) in [4.78, 5) is 11.5. The lowest BCUT2D eigenvalue weighted by molar-refractivity contribution is 1.41. The van der Waals surface area contributed by atoms with E-state index in [1.165, 1.54) is 9.79 Å². The number of rotatable bonds is 6. The molecule has 3 rings (SSSR count). The van der Waals surface area contributed by atoms with E-state index in [2.05, 4.69) is 71.0 Å². The zero-order valence-electron chi connectivity index (χ0n) is 14.8. The fraction of sp³-hybridized carbons (Fsp3) is 0.0909. The van der Waals surface area contributed by atoms with Crippen LogP contribution in [0.1, 0.15) is 11.1 Å². The van der Waals surface area contributed by atoms with E-state index in [4.69, 9.17) is 0 Å². The minimum absolute atomic E-state index is 0.969. The van der Waals surface area contributed by atoms with Crippen molar-refractivity contribution in [2.75, 3.05) is 12.5 Å². The second-order valence-corrected chi connectivity index (χ2v) is 7.35. The maximum absolute atomic E-state index is 4.55. The van der Waals surface area contributed by atoms with E-state index >= 15 is 0 Å². The summed E-state index contributed by atoms with van der Waals surface area (Å²) in [6, 6.07) is 24.7. The molecule has 0 spiro atoms. The van der Waals surface area contributed by atoms with Crippen molar-refractivity contribution >= 4 is 47.3 Å². The number of thioether (sulfide) groups is 2. The van der Waals surface area contributed by atoms with E-state index in [-0.39, 0.29) is 0 Å². The Morgan fingerprint density at radius 1 is 0.615 bits per heavy atom. The van der Waals surface area contributed by atoms with Gasteiger partial charge in [-0.1, -0.05) is 36.4 Å². The molecule has 0 saturated carbocycles. The van der Waals surface area contributed by atoms with Gasteiger partial charge in [-0.05, 0) is 60.0 Å². The van der Waals surface area contributed by atoms with Crippen LogP contribution in [0.15, 0.2) is 92.6 Å². The fourth-order valence-corrected chi connectivity index (χ4v) is 3.25. The maximum atomic E-state index is 4.55. The van der Waals surface area contributed by atoms with Gasteiger partial charge in [0.05, 0.1) is 11.4 Å². The van der Waals surface area contributed by atoms with Gasteiger partial charge in [-0.25, -0.2) is 0 Å². The van der Waals surface area contributed by atoms with Crippen LogP contribution < -0.4 is 0 Å². The Bertz CT molecular complexity index is 839. The predicted molar refractivity (Wildman–Crippen MR) is 117 cm³/mol. The maximum Gasteiger partial charge on any atom is 0.0641 e. The van der Waals surface area contributed by atoms with Crippen molar-refractivity contribution in [2.45, 2.75) is 9.79 Å². The lowest BCUT2D eigenvalue weighted by Crippen LogP contribution is -1.84. The summed E-state index contributed by atoms with van der Waals surface area (Å²) in [5.74, 6) is 0. The quantitative estimate of drug-likeness (QED) is 0.356. The third-order valence-electron chi connectivity index (χ3n) is 3.77. The van der Waals surface area contributed by atoms with E-state index < -0.39 is 0 Å². The SMILES string of the molecule is CSc1cccc(N=Cc2ccc(C=Nc3cccc(SC)c3)cc2)c1. The van der Waals surface area contributed by atoms with Crippen molar-refractivity contribution in [3.05, 3.63) is 83.9 Å². The third-order valence-corrected chi connectivity index (χ3v) is 5.22. The molecule has 0 aliphatic carbocycles. The third kappa shape index (κ3) is 5.35. The summed E-state index contributed by atoms with van der Waals surface area (Å²) in [6.07, 6.45) is 7.92. The van der Waals surface area contributed by atoms with Gasteiger partial charge in [0.2, 0.25) is 0 Å². The Kier molecular flexibility index (Phi) is 6.69. The van der Waals surface area contributed by atoms with Gasteiger partial charge in [-0.2, -0.15) is 0 Å². The highest BCUT2D eigenvalue weighted by Gasteiger charge is 1.95. The fourth-order valence-electron chi connectivity index (χ4n) is 2.35. The summed E-state index contributed by atoms with van der Waals surface area (Å²) < 4.78 is 0. The summed E-state index contributed by atoms with van der Waals surface area (Å²) in [6.45, 7) is 0. The van der Waals surface area contributed by atoms with Gasteiger partial charge in [0.25, 0.3) is 0 Å². The van der Waals surface area contributed by atoms with Crippen LogP contribution in [0.2, 0.25) is 0 Å². The molecule has 0 amide bonds. The first-order chi connectivity index (χ1) is 12.8. The van der Waals surface area contributed by atoms with Gasteiger partial charge in [-0.15, -0.1) is 23.5 Å². The molecule has 0 atom stereocenters. The lowest BCUT2D eigenvalue weighted by atomic mass is 10.1. The van der Waals surface area contributed by atoms with E-state index in [0.717, 1.165) is 22.5 Å². The van der Waals surface area contributed by atoms with Crippen molar-refractivity contribution in [2.24, 2.45) is 9.98 Å². The lowest BCUT2D eigenvalue weighted by Gasteiger charge is -1.99. The molecule has 0 saturated heterocycles. The number of hydrogen-bond donors (Lipinski definition) is 0. The topological polar surface area (TPSA) is 24.7 Å². The molecule has 0 aromatic heterocycles. The van der Waals surface area contributed by atoms with E-state index in [0.29, 0.717) is 0 Å². The molecule has 0 unspecified atom stereocenters. The van der Waals surface area contributed by atoms with Crippen LogP contribution in [-0.2, 0) is 0 Å². The van der Waals surface area contributed by atoms with Crippen LogP contribution in [0.4, 0.5) is 11.4 Å². The van der Waals surface area contributed by atoms with Crippen LogP contribution in [0, 0.1) is 0 Å². The molecule has 0 N–H and O–H groups in total. The Hall–Kier alpha value is -2.30. The monoisotopic (exact) mass is 376 g/mol. The standard InChI is InChI=1S/C22H20N2S2/c1-25-21-7-3-5-19(13-21)23-15-17-9-11-18(12-10-17)16-24-20-6-4-8-22(14-20)26-2/h3-16H,1-2H3. The van der Waals surface area contributed by atoms with Crippen LogP contribution in [-0.4, -0.2) is 24.9 Å². The van der Waals surface area contributed by atoms with Crippen LogP contribution >= 0.6 is 23.5 Å². The zero-order chi connectivity index (χ0) is 18.2.